The summed E-state index contributed by atoms with van der Waals surface area (Å²) in [6, 6.07) is 3.46. The van der Waals surface area contributed by atoms with Gasteiger partial charge in [0.05, 0.1) is 0 Å². The van der Waals surface area contributed by atoms with Crippen LogP contribution >= 0.6 is 23.2 Å². The van der Waals surface area contributed by atoms with E-state index in [2.05, 4.69) is 10.6 Å². The average Bonchev–Trinajstić information content (AvgIpc) is 2.49. The number of anilines is 1. The summed E-state index contributed by atoms with van der Waals surface area (Å²) in [6.45, 7) is 4.94. The number of carboxylic acids is 1. The molecule has 1 aromatic rings. The molecule has 1 rings (SSSR count). The van der Waals surface area contributed by atoms with Crippen LogP contribution in [0.1, 0.15) is 27.2 Å². The first-order chi connectivity index (χ1) is 11.1. The van der Waals surface area contributed by atoms with Crippen LogP contribution in [0.25, 0.3) is 0 Å². The number of nitrogens with one attached hydrogen (secondary N) is 2. The highest BCUT2D eigenvalue weighted by Crippen LogP contribution is 2.23. The van der Waals surface area contributed by atoms with Crippen molar-refractivity contribution >= 4 is 46.7 Å². The molecule has 3 atom stereocenters. The fraction of sp³-hybridized carbons (Fsp3) is 0.438. The van der Waals surface area contributed by atoms with Crippen LogP contribution in [0.4, 0.5) is 5.69 Å². The summed E-state index contributed by atoms with van der Waals surface area (Å²) in [6.07, 6.45) is 0.582. The topological polar surface area (TPSA) is 95.5 Å². The van der Waals surface area contributed by atoms with Gasteiger partial charge in [-0.2, -0.15) is 0 Å². The minimum Gasteiger partial charge on any atom is -0.480 e. The van der Waals surface area contributed by atoms with Crippen molar-refractivity contribution in [1.82, 2.24) is 5.32 Å². The molecule has 0 saturated carbocycles. The van der Waals surface area contributed by atoms with Gasteiger partial charge in [0.25, 0.3) is 0 Å². The summed E-state index contributed by atoms with van der Waals surface area (Å²) in [5.41, 5.74) is 0.355. The van der Waals surface area contributed by atoms with Gasteiger partial charge < -0.3 is 15.7 Å². The lowest BCUT2D eigenvalue weighted by Crippen LogP contribution is -2.48. The van der Waals surface area contributed by atoms with Crippen molar-refractivity contribution in [3.8, 4) is 0 Å². The van der Waals surface area contributed by atoms with Crippen LogP contribution in [0.3, 0.4) is 0 Å². The van der Waals surface area contributed by atoms with E-state index in [-0.39, 0.29) is 5.92 Å². The van der Waals surface area contributed by atoms with Gasteiger partial charge in [-0.3, -0.25) is 9.59 Å². The molecule has 1 aromatic carbocycles. The van der Waals surface area contributed by atoms with Crippen molar-refractivity contribution in [3.05, 3.63) is 28.2 Å². The number of carbonyl (C=O) groups excluding carboxylic acids is 2. The number of hydrogen-bond donors (Lipinski definition) is 3. The molecule has 0 spiro atoms. The van der Waals surface area contributed by atoms with E-state index in [1.807, 2.05) is 6.92 Å². The van der Waals surface area contributed by atoms with Crippen molar-refractivity contribution in [2.24, 2.45) is 11.8 Å². The Hall–Kier alpha value is -1.79. The van der Waals surface area contributed by atoms with E-state index in [9.17, 15) is 19.5 Å². The van der Waals surface area contributed by atoms with Crippen molar-refractivity contribution in [2.45, 2.75) is 33.2 Å². The second-order valence-corrected chi connectivity index (χ2v) is 6.45. The third kappa shape index (κ3) is 5.69. The molecule has 0 aliphatic carbocycles. The first-order valence-electron chi connectivity index (χ1n) is 7.45. The Morgan fingerprint density at radius 2 is 1.62 bits per heavy atom. The highest BCUT2D eigenvalue weighted by molar-refractivity contribution is 6.35. The fourth-order valence-corrected chi connectivity index (χ4v) is 2.48. The standard InChI is InChI=1S/C16H20Cl2N2O4/c1-4-8(2)13(16(23)24)20-15(22)9(3)14(21)19-12-6-10(17)5-11(18)7-12/h5-9,13H,4H2,1-3H3,(H,19,21)(H,20,22)(H,23,24)/t8-,9?,13-/m0/s1. The minimum absolute atomic E-state index is 0.256. The number of rotatable bonds is 7. The Kier molecular flexibility index (Phi) is 7.51. The van der Waals surface area contributed by atoms with Gasteiger partial charge in [0.15, 0.2) is 0 Å². The molecule has 2 amide bonds. The number of hydrogen-bond acceptors (Lipinski definition) is 3. The van der Waals surface area contributed by atoms with E-state index in [1.165, 1.54) is 25.1 Å². The normalized spacial score (nSPS) is 14.4. The maximum absolute atomic E-state index is 12.2. The maximum atomic E-state index is 12.2. The Labute approximate surface area is 150 Å². The summed E-state index contributed by atoms with van der Waals surface area (Å²) in [7, 11) is 0. The predicted octanol–water partition coefficient (Wildman–Crippen LogP) is 3.18. The predicted molar refractivity (Wildman–Crippen MR) is 93.3 cm³/mol. The highest BCUT2D eigenvalue weighted by atomic mass is 35.5. The minimum atomic E-state index is -1.13. The summed E-state index contributed by atoms with van der Waals surface area (Å²) in [5.74, 6) is -3.71. The third-order valence-corrected chi connectivity index (χ3v) is 4.13. The molecule has 0 saturated heterocycles. The molecule has 132 valence electrons. The van der Waals surface area contributed by atoms with E-state index in [1.54, 1.807) is 6.92 Å². The summed E-state index contributed by atoms with van der Waals surface area (Å²) >= 11 is 11.7. The fourth-order valence-electron chi connectivity index (χ4n) is 1.96. The van der Waals surface area contributed by atoms with Crippen LogP contribution in [0, 0.1) is 11.8 Å². The molecule has 1 unspecified atom stereocenters. The van der Waals surface area contributed by atoms with Crippen molar-refractivity contribution in [1.29, 1.82) is 0 Å². The Bertz CT molecular complexity index is 616. The molecule has 0 aliphatic rings. The molecule has 0 radical (unpaired) electrons. The number of amides is 2. The van der Waals surface area contributed by atoms with Gasteiger partial charge in [-0.25, -0.2) is 4.79 Å². The molecule has 6 nitrogen and oxygen atoms in total. The van der Waals surface area contributed by atoms with Crippen molar-refractivity contribution < 1.29 is 19.5 Å². The van der Waals surface area contributed by atoms with Gasteiger partial charge in [-0.05, 0) is 31.0 Å². The molecule has 0 aromatic heterocycles. The molecule has 8 heteroatoms. The zero-order chi connectivity index (χ0) is 18.4. The van der Waals surface area contributed by atoms with Gasteiger partial charge in [0.1, 0.15) is 12.0 Å². The zero-order valence-electron chi connectivity index (χ0n) is 13.6. The molecule has 0 fully saturated rings. The summed E-state index contributed by atoms with van der Waals surface area (Å²) in [5, 5.41) is 14.8. The van der Waals surface area contributed by atoms with E-state index in [0.717, 1.165) is 0 Å². The Balaban J connectivity index is 2.76. The Morgan fingerprint density at radius 3 is 2.08 bits per heavy atom. The highest BCUT2D eigenvalue weighted by Gasteiger charge is 2.29. The van der Waals surface area contributed by atoms with Crippen LogP contribution in [0.2, 0.25) is 10.0 Å². The van der Waals surface area contributed by atoms with Crippen LogP contribution in [0.15, 0.2) is 18.2 Å². The lowest BCUT2D eigenvalue weighted by Gasteiger charge is -2.22. The van der Waals surface area contributed by atoms with Crippen LogP contribution in [-0.4, -0.2) is 28.9 Å². The monoisotopic (exact) mass is 374 g/mol. The molecular formula is C16H20Cl2N2O4. The number of benzene rings is 1. The number of carbonyl (C=O) groups is 3. The third-order valence-electron chi connectivity index (χ3n) is 3.69. The number of aliphatic carboxylic acids is 1. The van der Waals surface area contributed by atoms with Crippen molar-refractivity contribution in [3.63, 3.8) is 0 Å². The van der Waals surface area contributed by atoms with Crippen LogP contribution in [-0.2, 0) is 14.4 Å². The SMILES string of the molecule is CC[C@H](C)[C@H](NC(=O)C(C)C(=O)Nc1cc(Cl)cc(Cl)c1)C(=O)O. The second-order valence-electron chi connectivity index (χ2n) is 5.58. The maximum Gasteiger partial charge on any atom is 0.326 e. The summed E-state index contributed by atoms with van der Waals surface area (Å²) < 4.78 is 0. The molecule has 3 N–H and O–H groups in total. The zero-order valence-corrected chi connectivity index (χ0v) is 15.1. The molecular weight excluding hydrogens is 355 g/mol. The summed E-state index contributed by atoms with van der Waals surface area (Å²) in [4.78, 5) is 35.6. The van der Waals surface area contributed by atoms with E-state index >= 15 is 0 Å². The average molecular weight is 375 g/mol. The molecule has 0 bridgehead atoms. The molecule has 24 heavy (non-hydrogen) atoms. The van der Waals surface area contributed by atoms with E-state index in [4.69, 9.17) is 23.2 Å². The lowest BCUT2D eigenvalue weighted by atomic mass is 9.98. The van der Waals surface area contributed by atoms with Crippen LogP contribution < -0.4 is 10.6 Å². The van der Waals surface area contributed by atoms with Gasteiger partial charge in [-0.1, -0.05) is 43.5 Å². The largest absolute Gasteiger partial charge is 0.480 e. The van der Waals surface area contributed by atoms with Gasteiger partial charge in [0.2, 0.25) is 11.8 Å². The first-order valence-corrected chi connectivity index (χ1v) is 8.21. The molecule has 0 aliphatic heterocycles. The van der Waals surface area contributed by atoms with Gasteiger partial charge in [-0.15, -0.1) is 0 Å². The smallest absolute Gasteiger partial charge is 0.326 e. The van der Waals surface area contributed by atoms with Crippen LogP contribution in [0.5, 0.6) is 0 Å². The first kappa shape index (κ1) is 20.3. The quantitative estimate of drug-likeness (QED) is 0.638. The van der Waals surface area contributed by atoms with Gasteiger partial charge >= 0.3 is 5.97 Å². The second kappa shape index (κ2) is 8.89. The van der Waals surface area contributed by atoms with Crippen molar-refractivity contribution in [2.75, 3.05) is 5.32 Å². The molecule has 0 heterocycles. The van der Waals surface area contributed by atoms with E-state index < -0.39 is 29.7 Å². The lowest BCUT2D eigenvalue weighted by molar-refractivity contribution is -0.145. The van der Waals surface area contributed by atoms with Gasteiger partial charge in [0, 0.05) is 15.7 Å². The Morgan fingerprint density at radius 1 is 1.08 bits per heavy atom. The van der Waals surface area contributed by atoms with E-state index in [0.29, 0.717) is 22.2 Å². The number of halogens is 2. The number of carboxylic acid groups (broad SMARTS) is 1.